The van der Waals surface area contributed by atoms with Crippen molar-refractivity contribution in [1.29, 1.82) is 0 Å². The lowest BCUT2D eigenvalue weighted by molar-refractivity contribution is -0.614. The summed E-state index contributed by atoms with van der Waals surface area (Å²) in [6.07, 6.45) is 4.27. The van der Waals surface area contributed by atoms with Gasteiger partial charge in [0.05, 0.1) is 11.6 Å². The van der Waals surface area contributed by atoms with E-state index in [0.717, 1.165) is 28.3 Å². The summed E-state index contributed by atoms with van der Waals surface area (Å²) < 4.78 is 33.6. The van der Waals surface area contributed by atoms with Crippen LogP contribution in [0.5, 0.6) is 0 Å². The van der Waals surface area contributed by atoms with Gasteiger partial charge in [-0.25, -0.2) is 13.6 Å². The Morgan fingerprint density at radius 1 is 1.06 bits per heavy atom. The molecule has 1 aliphatic rings. The quantitative estimate of drug-likeness (QED) is 0.125. The molecule has 3 aromatic carbocycles. The molecular formula is C35H33ClF2N6O3. The summed E-state index contributed by atoms with van der Waals surface area (Å²) in [5, 5.41) is 25.8. The molecule has 0 unspecified atom stereocenters. The van der Waals surface area contributed by atoms with E-state index in [1.165, 1.54) is 15.9 Å². The smallest absolute Gasteiger partial charge is 0.409 e. The highest BCUT2D eigenvalue weighted by Gasteiger charge is 2.30. The van der Waals surface area contributed by atoms with Crippen molar-refractivity contribution < 1.29 is 23.0 Å². The van der Waals surface area contributed by atoms with E-state index >= 15 is 0 Å². The average Bonchev–Trinajstić information content (AvgIpc) is 3.62. The van der Waals surface area contributed by atoms with Crippen molar-refractivity contribution in [3.63, 3.8) is 0 Å². The second-order valence-corrected chi connectivity index (χ2v) is 12.3. The Balaban J connectivity index is 1.27. The van der Waals surface area contributed by atoms with E-state index in [0.29, 0.717) is 59.9 Å². The second kappa shape index (κ2) is 13.8. The Morgan fingerprint density at radius 3 is 2.55 bits per heavy atom. The zero-order chi connectivity index (χ0) is 33.0. The van der Waals surface area contributed by atoms with E-state index in [-0.39, 0.29) is 11.8 Å². The Labute approximate surface area is 275 Å². The molecule has 1 aliphatic heterocycles. The number of carbonyl (C=O) groups excluding carboxylic acids is 1. The van der Waals surface area contributed by atoms with Gasteiger partial charge in [-0.3, -0.25) is 0 Å². The molecule has 242 valence electrons. The van der Waals surface area contributed by atoms with Gasteiger partial charge in [0.1, 0.15) is 6.33 Å². The summed E-state index contributed by atoms with van der Waals surface area (Å²) >= 11 is 6.35. The molecule has 12 heteroatoms. The van der Waals surface area contributed by atoms with Crippen LogP contribution in [0.4, 0.5) is 13.6 Å². The highest BCUT2D eigenvalue weighted by atomic mass is 35.5. The molecule has 0 aliphatic carbocycles. The largest absolute Gasteiger partial charge is 0.618 e. The monoisotopic (exact) mass is 658 g/mol. The number of amides is 1. The van der Waals surface area contributed by atoms with E-state index in [1.807, 2.05) is 54.6 Å². The fourth-order valence-corrected chi connectivity index (χ4v) is 6.25. The number of tetrazole rings is 1. The minimum atomic E-state index is -3.07. The molecule has 1 fully saturated rings. The van der Waals surface area contributed by atoms with E-state index in [4.69, 9.17) is 16.3 Å². The lowest BCUT2D eigenvalue weighted by Crippen LogP contribution is -2.39. The summed E-state index contributed by atoms with van der Waals surface area (Å²) in [7, 11) is 0. The Morgan fingerprint density at radius 2 is 1.85 bits per heavy atom. The van der Waals surface area contributed by atoms with E-state index in [2.05, 4.69) is 27.7 Å². The fourth-order valence-electron chi connectivity index (χ4n) is 6.08. The Kier molecular flexibility index (Phi) is 9.44. The number of piperidine rings is 1. The van der Waals surface area contributed by atoms with E-state index in [1.54, 1.807) is 24.4 Å². The lowest BCUT2D eigenvalue weighted by atomic mass is 9.84. The lowest BCUT2D eigenvalue weighted by Gasteiger charge is -2.32. The first-order chi connectivity index (χ1) is 22.6. The van der Waals surface area contributed by atoms with Gasteiger partial charge in [-0.05, 0) is 76.6 Å². The molecule has 1 saturated heterocycles. The van der Waals surface area contributed by atoms with Crippen LogP contribution in [-0.4, -0.2) is 56.8 Å². The van der Waals surface area contributed by atoms with E-state index in [9.17, 15) is 18.8 Å². The predicted octanol–water partition coefficient (Wildman–Crippen LogP) is 6.96. The number of benzene rings is 3. The van der Waals surface area contributed by atoms with Gasteiger partial charge in [-0.2, -0.15) is 9.41 Å². The molecule has 0 N–H and O–H groups in total. The fraction of sp³-hybridized carbons (Fsp3) is 0.286. The third-order valence-electron chi connectivity index (χ3n) is 8.44. The van der Waals surface area contributed by atoms with Crippen molar-refractivity contribution in [2.45, 2.75) is 43.9 Å². The van der Waals surface area contributed by atoms with Crippen molar-refractivity contribution in [3.8, 4) is 16.8 Å². The topological polar surface area (TPSA) is 100 Å². The normalized spacial score (nSPS) is 14.6. The average molecular weight is 659 g/mol. The SMILES string of the molecule is CC(F)(F)COC(=O)N1CCC(c2cccc([C@H](Cc3ccccc3)c3ccc(-c4cc(Cl)ccc4-n4cnnn4)c[n+]3[O-])c2)CC1. The van der Waals surface area contributed by atoms with Gasteiger partial charge in [0.15, 0.2) is 12.8 Å². The third-order valence-corrected chi connectivity index (χ3v) is 8.67. The van der Waals surface area contributed by atoms with Gasteiger partial charge < -0.3 is 14.8 Å². The summed E-state index contributed by atoms with van der Waals surface area (Å²) in [5.41, 5.74) is 5.83. The molecule has 1 amide bonds. The molecular weight excluding hydrogens is 626 g/mol. The molecule has 1 atom stereocenters. The highest BCUT2D eigenvalue weighted by Crippen LogP contribution is 2.35. The van der Waals surface area contributed by atoms with E-state index < -0.39 is 18.6 Å². The Hall–Kier alpha value is -4.90. The first-order valence-corrected chi connectivity index (χ1v) is 15.7. The van der Waals surface area contributed by atoms with Crippen LogP contribution in [-0.2, 0) is 11.2 Å². The Bertz CT molecular complexity index is 1830. The molecule has 0 saturated carbocycles. The zero-order valence-corrected chi connectivity index (χ0v) is 26.4. The van der Waals surface area contributed by atoms with Crippen molar-refractivity contribution in [2.24, 2.45) is 0 Å². The number of rotatable bonds is 9. The maximum absolute atomic E-state index is 13.8. The van der Waals surface area contributed by atoms with Crippen molar-refractivity contribution in [1.82, 2.24) is 25.1 Å². The van der Waals surface area contributed by atoms with Crippen LogP contribution >= 0.6 is 11.6 Å². The number of hydrogen-bond donors (Lipinski definition) is 0. The summed E-state index contributed by atoms with van der Waals surface area (Å²) in [6.45, 7) is 0.612. The van der Waals surface area contributed by atoms with Crippen LogP contribution in [0.2, 0.25) is 5.02 Å². The molecule has 47 heavy (non-hydrogen) atoms. The highest BCUT2D eigenvalue weighted by molar-refractivity contribution is 6.31. The molecule has 2 aromatic heterocycles. The van der Waals surface area contributed by atoms with Crippen LogP contribution in [0.1, 0.15) is 54.0 Å². The third kappa shape index (κ3) is 7.74. The number of hydrogen-bond acceptors (Lipinski definition) is 6. The summed E-state index contributed by atoms with van der Waals surface area (Å²) in [6, 6.07) is 27.4. The molecule has 9 nitrogen and oxygen atoms in total. The maximum Gasteiger partial charge on any atom is 0.409 e. The molecule has 0 bridgehead atoms. The minimum Gasteiger partial charge on any atom is -0.618 e. The van der Waals surface area contributed by atoms with Crippen LogP contribution in [0.25, 0.3) is 16.8 Å². The standard InChI is InChI=1S/C35H33ClF2N6O3/c1-35(37,38)22-47-34(45)42-16-14-25(15-17-42)26-8-5-9-27(19-26)30(18-24-6-3-2-4-7-24)33-12-10-28(21-44(33)46)31-20-29(36)11-13-32(31)43-23-39-40-41-43/h2-13,19-21,23,25,30H,14-18,22H2,1H3/t30-/m0/s1. The van der Waals surface area contributed by atoms with Crippen LogP contribution in [0.3, 0.4) is 0 Å². The molecule has 0 spiro atoms. The van der Waals surface area contributed by atoms with Gasteiger partial charge in [0.25, 0.3) is 5.92 Å². The summed E-state index contributed by atoms with van der Waals surface area (Å²) in [5.74, 6) is -3.16. The first-order valence-electron chi connectivity index (χ1n) is 15.3. The number of likely N-dealkylation sites (tertiary alicyclic amines) is 1. The number of halogens is 3. The minimum absolute atomic E-state index is 0.165. The van der Waals surface area contributed by atoms with Crippen LogP contribution in [0.15, 0.2) is 97.5 Å². The number of pyridine rings is 1. The maximum atomic E-state index is 13.8. The van der Waals surface area contributed by atoms with Gasteiger partial charge in [0, 0.05) is 42.2 Å². The van der Waals surface area contributed by atoms with Crippen LogP contribution in [0, 0.1) is 5.21 Å². The molecule has 5 aromatic rings. The number of carbonyl (C=O) groups is 1. The second-order valence-electron chi connectivity index (χ2n) is 11.9. The number of nitrogens with zero attached hydrogens (tertiary/aromatic N) is 6. The number of alkyl halides is 2. The van der Waals surface area contributed by atoms with Gasteiger partial charge in [-0.15, -0.1) is 5.10 Å². The van der Waals surface area contributed by atoms with Crippen molar-refractivity contribution >= 4 is 17.7 Å². The van der Waals surface area contributed by atoms with Gasteiger partial charge in [-0.1, -0.05) is 66.2 Å². The van der Waals surface area contributed by atoms with Crippen molar-refractivity contribution in [3.05, 3.63) is 130 Å². The predicted molar refractivity (Wildman–Crippen MR) is 173 cm³/mol. The van der Waals surface area contributed by atoms with Gasteiger partial charge >= 0.3 is 6.09 Å². The van der Waals surface area contributed by atoms with Gasteiger partial charge in [0.2, 0.25) is 5.69 Å². The molecule has 3 heterocycles. The summed E-state index contributed by atoms with van der Waals surface area (Å²) in [4.78, 5) is 13.8. The number of ether oxygens (including phenoxy) is 1. The zero-order valence-electron chi connectivity index (χ0n) is 25.7. The molecule has 0 radical (unpaired) electrons. The van der Waals surface area contributed by atoms with Crippen LogP contribution < -0.4 is 4.73 Å². The first kappa shape index (κ1) is 32.1. The number of aromatic nitrogens is 5. The molecule has 6 rings (SSSR count). The van der Waals surface area contributed by atoms with Crippen molar-refractivity contribution in [2.75, 3.05) is 19.7 Å².